The van der Waals surface area contributed by atoms with E-state index in [0.717, 1.165) is 48.3 Å². The van der Waals surface area contributed by atoms with E-state index in [1.54, 1.807) is 6.20 Å². The molecule has 7 nitrogen and oxygen atoms in total. The summed E-state index contributed by atoms with van der Waals surface area (Å²) in [4.78, 5) is 18.7. The molecular weight excluding hydrogens is 388 g/mol. The first kappa shape index (κ1) is 21.1. The van der Waals surface area contributed by atoms with E-state index in [-0.39, 0.29) is 19.3 Å². The van der Waals surface area contributed by atoms with Crippen LogP contribution >= 0.6 is 11.6 Å². The van der Waals surface area contributed by atoms with Gasteiger partial charge in [0, 0.05) is 48.7 Å². The zero-order chi connectivity index (χ0) is 19.5. The van der Waals surface area contributed by atoms with Crippen molar-refractivity contribution in [3.8, 4) is 5.69 Å². The Morgan fingerprint density at radius 1 is 1.21 bits per heavy atom. The summed E-state index contributed by atoms with van der Waals surface area (Å²) in [7, 11) is 0. The number of hydrogen-bond acceptors (Lipinski definition) is 5. The molecule has 3 aromatic rings. The van der Waals surface area contributed by atoms with E-state index >= 15 is 0 Å². The van der Waals surface area contributed by atoms with Crippen LogP contribution in [0.2, 0.25) is 5.02 Å². The van der Waals surface area contributed by atoms with E-state index in [0.29, 0.717) is 18.1 Å². The van der Waals surface area contributed by atoms with E-state index in [4.69, 9.17) is 22.4 Å². The first-order chi connectivity index (χ1) is 13.7. The zero-order valence-electron chi connectivity index (χ0n) is 15.5. The zero-order valence-corrected chi connectivity index (χ0v) is 16.3. The summed E-state index contributed by atoms with van der Waals surface area (Å²) in [6.07, 6.45) is 5.22. The van der Waals surface area contributed by atoms with E-state index in [1.165, 1.54) is 0 Å². The second-order valence-electron chi connectivity index (χ2n) is 6.95. The minimum Gasteiger partial charge on any atom is -0.355 e. The molecule has 3 heterocycles. The number of nitrogens with one attached hydrogen (secondary N) is 1. The van der Waals surface area contributed by atoms with Crippen molar-refractivity contribution < 1.29 is 4.79 Å². The van der Waals surface area contributed by atoms with Crippen LogP contribution in [0.1, 0.15) is 20.3 Å². The molecule has 0 bridgehead atoms. The first-order valence-corrected chi connectivity index (χ1v) is 9.86. The van der Waals surface area contributed by atoms with Crippen molar-refractivity contribution in [2.24, 2.45) is 11.7 Å². The highest BCUT2D eigenvalue weighted by atomic mass is 35.5. The fourth-order valence-corrected chi connectivity index (χ4v) is 3.78. The van der Waals surface area contributed by atoms with E-state index in [9.17, 15) is 4.79 Å². The van der Waals surface area contributed by atoms with E-state index in [2.05, 4.69) is 15.2 Å². The molecule has 1 aliphatic rings. The molecule has 0 aliphatic carbocycles. The third-order valence-electron chi connectivity index (χ3n) is 5.14. The smallest absolute Gasteiger partial charge is 0.223 e. The third kappa shape index (κ3) is 4.36. The Hall–Kier alpha value is -2.64. The predicted octanol–water partition coefficient (Wildman–Crippen LogP) is 3.00. The van der Waals surface area contributed by atoms with Crippen LogP contribution in [-0.4, -0.2) is 46.9 Å². The van der Waals surface area contributed by atoms with Gasteiger partial charge in [0.2, 0.25) is 5.91 Å². The Morgan fingerprint density at radius 3 is 2.62 bits per heavy atom. The number of nitrogens with two attached hydrogens (primary N) is 1. The Kier molecular flexibility index (Phi) is 6.71. The average molecular weight is 415 g/mol. The lowest BCUT2D eigenvalue weighted by molar-refractivity contribution is -0.125. The molecule has 0 spiro atoms. The van der Waals surface area contributed by atoms with Gasteiger partial charge in [-0.2, -0.15) is 0 Å². The molecule has 154 valence electrons. The lowest BCUT2D eigenvalue weighted by Crippen LogP contribution is -2.41. The second kappa shape index (κ2) is 9.24. The summed E-state index contributed by atoms with van der Waals surface area (Å²) in [5.41, 5.74) is 7.35. The van der Waals surface area contributed by atoms with Crippen LogP contribution in [0.15, 0.2) is 42.7 Å². The average Bonchev–Trinajstić information content (AvgIpc) is 3.12. The van der Waals surface area contributed by atoms with Gasteiger partial charge in [0.05, 0.1) is 17.4 Å². The largest absolute Gasteiger partial charge is 0.355 e. The predicted molar refractivity (Wildman–Crippen MR) is 118 cm³/mol. The maximum Gasteiger partial charge on any atom is 0.223 e. The van der Waals surface area contributed by atoms with Crippen LogP contribution in [0.4, 0.5) is 5.82 Å². The molecule has 3 N–H and O–H groups in total. The monoisotopic (exact) mass is 414 g/mol. The topological polar surface area (TPSA) is 89.1 Å². The molecular formula is C21H27ClN6O. The number of carbonyl (C=O) groups excluding carboxylic acids is 1. The highest BCUT2D eigenvalue weighted by molar-refractivity contribution is 6.30. The van der Waals surface area contributed by atoms with Gasteiger partial charge in [-0.25, -0.2) is 4.68 Å². The molecule has 0 atom stereocenters. The highest BCUT2D eigenvalue weighted by Crippen LogP contribution is 2.31. The number of amides is 1. The van der Waals surface area contributed by atoms with Gasteiger partial charge in [-0.3, -0.25) is 9.78 Å². The number of aromatic nitrogens is 3. The molecule has 0 unspecified atom stereocenters. The van der Waals surface area contributed by atoms with Crippen LogP contribution in [0.5, 0.6) is 0 Å². The lowest BCUT2D eigenvalue weighted by atomic mass is 9.96. The van der Waals surface area contributed by atoms with Crippen LogP contribution in [0, 0.1) is 5.92 Å². The van der Waals surface area contributed by atoms with Crippen molar-refractivity contribution in [2.45, 2.75) is 20.3 Å². The standard InChI is InChI=1S/C20H23ClN6O.CH4/c21-15-1-3-16(4-2-15)27-18-13-23-9-5-17(18)19(25-27)26-11-6-14(7-12-26)20(28)24-10-8-22;/h1-5,9,13-14H,6-8,10-12,22H2,(H,24,28);1H4. The minimum absolute atomic E-state index is 0. The van der Waals surface area contributed by atoms with E-state index in [1.807, 2.05) is 41.2 Å². The van der Waals surface area contributed by atoms with Gasteiger partial charge in [0.1, 0.15) is 0 Å². The number of carbonyl (C=O) groups is 1. The Morgan fingerprint density at radius 2 is 1.93 bits per heavy atom. The maximum atomic E-state index is 12.2. The van der Waals surface area contributed by atoms with Gasteiger partial charge in [-0.1, -0.05) is 19.0 Å². The van der Waals surface area contributed by atoms with Crippen LogP contribution < -0.4 is 16.0 Å². The summed E-state index contributed by atoms with van der Waals surface area (Å²) < 4.78 is 1.90. The Balaban J connectivity index is 0.00000240. The van der Waals surface area contributed by atoms with Crippen LogP contribution in [-0.2, 0) is 4.79 Å². The number of benzene rings is 1. The number of piperidine rings is 1. The van der Waals surface area contributed by atoms with Gasteiger partial charge in [-0.15, -0.1) is 5.10 Å². The van der Waals surface area contributed by atoms with Gasteiger partial charge in [0.25, 0.3) is 0 Å². The van der Waals surface area contributed by atoms with Crippen molar-refractivity contribution in [1.82, 2.24) is 20.1 Å². The summed E-state index contributed by atoms with van der Waals surface area (Å²) in [6.45, 7) is 2.57. The second-order valence-corrected chi connectivity index (χ2v) is 7.38. The third-order valence-corrected chi connectivity index (χ3v) is 5.40. The summed E-state index contributed by atoms with van der Waals surface area (Å²) in [6, 6.07) is 9.58. The van der Waals surface area contributed by atoms with E-state index < -0.39 is 0 Å². The number of hydrogen-bond donors (Lipinski definition) is 2. The Bertz CT molecular complexity index is 963. The molecule has 29 heavy (non-hydrogen) atoms. The lowest BCUT2D eigenvalue weighted by Gasteiger charge is -2.31. The fraction of sp³-hybridized carbons (Fsp3) is 0.381. The molecule has 1 amide bonds. The van der Waals surface area contributed by atoms with Crippen molar-refractivity contribution in [2.75, 3.05) is 31.1 Å². The highest BCUT2D eigenvalue weighted by Gasteiger charge is 2.27. The number of rotatable bonds is 5. The molecule has 1 aliphatic heterocycles. The van der Waals surface area contributed by atoms with Crippen molar-refractivity contribution in [3.63, 3.8) is 0 Å². The van der Waals surface area contributed by atoms with Crippen LogP contribution in [0.3, 0.4) is 0 Å². The number of pyridine rings is 1. The molecule has 8 heteroatoms. The van der Waals surface area contributed by atoms with Gasteiger partial charge in [-0.05, 0) is 43.2 Å². The number of halogens is 1. The van der Waals surface area contributed by atoms with Gasteiger partial charge in [0.15, 0.2) is 5.82 Å². The number of fused-ring (bicyclic) bond motifs is 1. The Labute approximate surface area is 175 Å². The molecule has 4 rings (SSSR count). The molecule has 1 fully saturated rings. The SMILES string of the molecule is C.NCCNC(=O)C1CCN(c2nn(-c3ccc(Cl)cc3)c3cnccc23)CC1. The van der Waals surface area contributed by atoms with Crippen molar-refractivity contribution in [1.29, 1.82) is 0 Å². The first-order valence-electron chi connectivity index (χ1n) is 9.49. The van der Waals surface area contributed by atoms with Crippen LogP contribution in [0.25, 0.3) is 16.6 Å². The minimum atomic E-state index is 0. The summed E-state index contributed by atoms with van der Waals surface area (Å²) in [5.74, 6) is 1.06. The quantitative estimate of drug-likeness (QED) is 0.669. The molecule has 1 saturated heterocycles. The molecule has 1 aromatic carbocycles. The van der Waals surface area contributed by atoms with Crippen molar-refractivity contribution in [3.05, 3.63) is 47.7 Å². The maximum absolute atomic E-state index is 12.2. The molecule has 2 aromatic heterocycles. The van der Waals surface area contributed by atoms with Gasteiger partial charge < -0.3 is 16.0 Å². The van der Waals surface area contributed by atoms with Gasteiger partial charge >= 0.3 is 0 Å². The fourth-order valence-electron chi connectivity index (χ4n) is 3.65. The normalized spacial score (nSPS) is 14.6. The summed E-state index contributed by atoms with van der Waals surface area (Å²) >= 11 is 6.03. The molecule has 0 saturated carbocycles. The summed E-state index contributed by atoms with van der Waals surface area (Å²) in [5, 5.41) is 9.51. The number of anilines is 1. The van der Waals surface area contributed by atoms with Crippen molar-refractivity contribution >= 4 is 34.2 Å². The number of nitrogens with zero attached hydrogens (tertiary/aromatic N) is 4. The molecule has 0 radical (unpaired) electrons.